The van der Waals surface area contributed by atoms with Crippen molar-refractivity contribution < 1.29 is 4.74 Å². The van der Waals surface area contributed by atoms with Crippen molar-refractivity contribution in [1.82, 2.24) is 4.90 Å². The van der Waals surface area contributed by atoms with Gasteiger partial charge in [-0.2, -0.15) is 0 Å². The third kappa shape index (κ3) is 2.72. The molecule has 2 nitrogen and oxygen atoms in total. The summed E-state index contributed by atoms with van der Waals surface area (Å²) in [5.41, 5.74) is 4.81. The first-order valence-electron chi connectivity index (χ1n) is 10.7. The van der Waals surface area contributed by atoms with E-state index in [-0.39, 0.29) is 5.54 Å². The lowest BCUT2D eigenvalue weighted by Gasteiger charge is -2.62. The van der Waals surface area contributed by atoms with Crippen molar-refractivity contribution in [2.24, 2.45) is 17.8 Å². The van der Waals surface area contributed by atoms with Crippen molar-refractivity contribution in [3.8, 4) is 5.75 Å². The van der Waals surface area contributed by atoms with Crippen LogP contribution in [-0.2, 0) is 18.5 Å². The van der Waals surface area contributed by atoms with Gasteiger partial charge < -0.3 is 4.74 Å². The minimum absolute atomic E-state index is 0.219. The molecule has 0 aromatic heterocycles. The molecular weight excluding hydrogens is 330 g/mol. The molecule has 3 aliphatic rings. The van der Waals surface area contributed by atoms with E-state index in [1.807, 2.05) is 0 Å². The highest BCUT2D eigenvalue weighted by molar-refractivity contribution is 5.44. The van der Waals surface area contributed by atoms with Crippen LogP contribution in [0.1, 0.15) is 49.3 Å². The quantitative estimate of drug-likeness (QED) is 0.725. The molecule has 0 N–H and O–H groups in total. The number of benzene rings is 2. The van der Waals surface area contributed by atoms with Crippen LogP contribution in [0.25, 0.3) is 0 Å². The van der Waals surface area contributed by atoms with E-state index in [1.54, 1.807) is 18.2 Å². The average Bonchev–Trinajstić information content (AvgIpc) is 2.68. The molecule has 5 rings (SSSR count). The summed E-state index contributed by atoms with van der Waals surface area (Å²) in [7, 11) is 1.79. The first kappa shape index (κ1) is 17.3. The Labute approximate surface area is 163 Å². The molecule has 2 heteroatoms. The third-order valence-electron chi connectivity index (χ3n) is 7.53. The average molecular weight is 362 g/mol. The van der Waals surface area contributed by atoms with E-state index in [2.05, 4.69) is 60.4 Å². The van der Waals surface area contributed by atoms with E-state index in [9.17, 15) is 0 Å². The maximum absolute atomic E-state index is 5.57. The van der Waals surface area contributed by atoms with Gasteiger partial charge in [0.2, 0.25) is 0 Å². The van der Waals surface area contributed by atoms with Crippen LogP contribution in [0.5, 0.6) is 5.75 Å². The number of methoxy groups -OCH3 is 1. The zero-order valence-electron chi connectivity index (χ0n) is 16.7. The number of fused-ring (bicyclic) bond motifs is 1. The summed E-state index contributed by atoms with van der Waals surface area (Å²) in [6.45, 7) is 4.77. The summed E-state index contributed by atoms with van der Waals surface area (Å²) >= 11 is 0. The number of piperidine rings is 1. The Balaban J connectivity index is 1.63. The molecule has 2 aromatic rings. The number of hydrogen-bond acceptors (Lipinski definition) is 2. The van der Waals surface area contributed by atoms with Gasteiger partial charge in [-0.05, 0) is 85.2 Å². The molecule has 4 atom stereocenters. The van der Waals surface area contributed by atoms with E-state index >= 15 is 0 Å². The molecule has 0 unspecified atom stereocenters. The normalized spacial score (nSPS) is 32.4. The summed E-state index contributed by atoms with van der Waals surface area (Å²) in [5, 5.41) is 0. The Morgan fingerprint density at radius 2 is 2.00 bits per heavy atom. The Bertz CT molecular complexity index is 816. The predicted octanol–water partition coefficient (Wildman–Crippen LogP) is 5.40. The number of nitrogens with zero attached hydrogens (tertiary/aromatic N) is 1. The largest absolute Gasteiger partial charge is 0.497 e. The molecular formula is C25H31NO. The Kier molecular flexibility index (Phi) is 4.27. The highest BCUT2D eigenvalue weighted by Crippen LogP contribution is 2.59. The summed E-state index contributed by atoms with van der Waals surface area (Å²) in [6, 6.07) is 18.0. The van der Waals surface area contributed by atoms with Crippen LogP contribution in [-0.4, -0.2) is 18.6 Å². The van der Waals surface area contributed by atoms with Crippen molar-refractivity contribution in [3.05, 3.63) is 65.2 Å². The summed E-state index contributed by atoms with van der Waals surface area (Å²) in [5.74, 6) is 3.46. The van der Waals surface area contributed by atoms with Gasteiger partial charge in [0.1, 0.15) is 5.75 Å². The monoisotopic (exact) mass is 361 g/mol. The molecule has 2 bridgehead atoms. The molecule has 1 saturated heterocycles. The zero-order chi connectivity index (χ0) is 18.4. The highest BCUT2D eigenvalue weighted by atomic mass is 16.5. The highest BCUT2D eigenvalue weighted by Gasteiger charge is 2.56. The Morgan fingerprint density at radius 1 is 1.15 bits per heavy atom. The standard InChI is InChI=1S/C25H31NO/c1-18-13-20-14-21-15-22(27-2)10-11-24(21)25(16-18)23(20)9-6-12-26(25)17-19-7-4-3-5-8-19/h3-5,7-8,10-11,15,18,20,23H,6,9,12-14,16-17H2,1-2H3/t18-,20-,23-,25+/m1/s1. The van der Waals surface area contributed by atoms with Crippen molar-refractivity contribution in [2.45, 2.75) is 51.1 Å². The number of rotatable bonds is 3. The minimum Gasteiger partial charge on any atom is -0.497 e. The zero-order valence-corrected chi connectivity index (χ0v) is 16.7. The van der Waals surface area contributed by atoms with Crippen molar-refractivity contribution in [1.29, 1.82) is 0 Å². The van der Waals surface area contributed by atoms with E-state index in [0.717, 1.165) is 30.0 Å². The maximum atomic E-state index is 5.57. The van der Waals surface area contributed by atoms with Crippen LogP contribution in [0.4, 0.5) is 0 Å². The van der Waals surface area contributed by atoms with Gasteiger partial charge in [-0.15, -0.1) is 0 Å². The number of hydrogen-bond donors (Lipinski definition) is 0. The molecule has 0 spiro atoms. The van der Waals surface area contributed by atoms with Gasteiger partial charge in [0, 0.05) is 12.1 Å². The topological polar surface area (TPSA) is 12.5 Å². The van der Waals surface area contributed by atoms with Crippen LogP contribution >= 0.6 is 0 Å². The Hall–Kier alpha value is -1.80. The van der Waals surface area contributed by atoms with Gasteiger partial charge in [-0.3, -0.25) is 4.90 Å². The molecule has 1 aliphatic heterocycles. The molecule has 2 fully saturated rings. The SMILES string of the molecule is COc1ccc2c(c1)C[C@H]1C[C@@H](C)C[C@]23[C@@H]1CCCN3Cc1ccccc1. The molecule has 1 heterocycles. The molecule has 142 valence electrons. The molecule has 0 radical (unpaired) electrons. The predicted molar refractivity (Wildman–Crippen MR) is 110 cm³/mol. The second-order valence-corrected chi connectivity index (χ2v) is 9.11. The van der Waals surface area contributed by atoms with Crippen LogP contribution in [0.2, 0.25) is 0 Å². The molecule has 2 aliphatic carbocycles. The molecule has 0 amide bonds. The maximum Gasteiger partial charge on any atom is 0.119 e. The fourth-order valence-corrected chi connectivity index (χ4v) is 6.68. The first-order chi connectivity index (χ1) is 13.2. The summed E-state index contributed by atoms with van der Waals surface area (Å²) in [4.78, 5) is 2.85. The lowest BCUT2D eigenvalue weighted by Crippen LogP contribution is -2.61. The van der Waals surface area contributed by atoms with Crippen molar-refractivity contribution >= 4 is 0 Å². The van der Waals surface area contributed by atoms with Gasteiger partial charge in [-0.25, -0.2) is 0 Å². The van der Waals surface area contributed by atoms with Gasteiger partial charge >= 0.3 is 0 Å². The van der Waals surface area contributed by atoms with E-state index in [0.29, 0.717) is 0 Å². The van der Waals surface area contributed by atoms with Gasteiger partial charge in [-0.1, -0.05) is 43.3 Å². The fraction of sp³-hybridized carbons (Fsp3) is 0.520. The van der Waals surface area contributed by atoms with Gasteiger partial charge in [0.05, 0.1) is 7.11 Å². The van der Waals surface area contributed by atoms with E-state index in [4.69, 9.17) is 4.74 Å². The molecule has 2 aromatic carbocycles. The summed E-state index contributed by atoms with van der Waals surface area (Å²) < 4.78 is 5.57. The number of likely N-dealkylation sites (tertiary alicyclic amines) is 1. The van der Waals surface area contributed by atoms with Crippen molar-refractivity contribution in [3.63, 3.8) is 0 Å². The van der Waals surface area contributed by atoms with Crippen LogP contribution in [0, 0.1) is 17.8 Å². The minimum atomic E-state index is 0.219. The second kappa shape index (κ2) is 6.67. The van der Waals surface area contributed by atoms with Crippen LogP contribution in [0.3, 0.4) is 0 Å². The Morgan fingerprint density at radius 3 is 2.81 bits per heavy atom. The van der Waals surface area contributed by atoms with Gasteiger partial charge in [0.25, 0.3) is 0 Å². The van der Waals surface area contributed by atoms with Crippen molar-refractivity contribution in [2.75, 3.05) is 13.7 Å². The van der Waals surface area contributed by atoms with E-state index in [1.165, 1.54) is 44.2 Å². The first-order valence-corrected chi connectivity index (χ1v) is 10.7. The lowest BCUT2D eigenvalue weighted by atomic mass is 9.52. The van der Waals surface area contributed by atoms with E-state index < -0.39 is 0 Å². The summed E-state index contributed by atoms with van der Waals surface area (Å²) in [6.07, 6.45) is 6.68. The number of ether oxygens (including phenoxy) is 1. The molecule has 27 heavy (non-hydrogen) atoms. The van der Waals surface area contributed by atoms with Crippen LogP contribution in [0.15, 0.2) is 48.5 Å². The third-order valence-corrected chi connectivity index (χ3v) is 7.53. The van der Waals surface area contributed by atoms with Gasteiger partial charge in [0.15, 0.2) is 0 Å². The second-order valence-electron chi connectivity index (χ2n) is 9.11. The fourth-order valence-electron chi connectivity index (χ4n) is 6.68. The van der Waals surface area contributed by atoms with Crippen LogP contribution < -0.4 is 4.74 Å². The smallest absolute Gasteiger partial charge is 0.119 e. The molecule has 1 saturated carbocycles. The lowest BCUT2D eigenvalue weighted by molar-refractivity contribution is -0.0960.